The Morgan fingerprint density at radius 3 is 2.53 bits per heavy atom. The number of fused-ring (bicyclic) bond motifs is 1. The first-order chi connectivity index (χ1) is 22.2. The first kappa shape index (κ1) is 32.1. The molecule has 2 atom stereocenters. The zero-order chi connectivity index (χ0) is 33.9. The molecule has 1 aliphatic heterocycles. The molecule has 3 N–H and O–H groups in total. The standard InChI is InChI=1S/C32H32F5N7O3/c1-4-18(16-44-17(3)31(33,34)30(9-10-30)29(44)46)27-42-24(25-26(38)40-12-13-43(25)27)21-7-6-19(14-22(21)47-5-2)28(45)41-23-15-20(8-11-39-23)32(35,36)37/h6-8,11-15,17-18H,4-5,9-10,16H2,1-3H3,(H2,38,40)(H,39,41,45)/t17-,18+/m0/s1. The summed E-state index contributed by atoms with van der Waals surface area (Å²) in [5.41, 5.74) is 5.04. The maximum absolute atomic E-state index is 15.2. The van der Waals surface area contributed by atoms with Crippen molar-refractivity contribution in [2.45, 2.75) is 64.1 Å². The second kappa shape index (κ2) is 11.5. The summed E-state index contributed by atoms with van der Waals surface area (Å²) in [5, 5.41) is 2.38. The van der Waals surface area contributed by atoms with E-state index in [2.05, 4.69) is 15.3 Å². The predicted octanol–water partition coefficient (Wildman–Crippen LogP) is 6.18. The van der Waals surface area contributed by atoms with Gasteiger partial charge in [0, 0.05) is 42.2 Å². The third kappa shape index (κ3) is 5.30. The highest BCUT2D eigenvalue weighted by atomic mass is 19.4. The van der Waals surface area contributed by atoms with Crippen LogP contribution in [0.25, 0.3) is 16.8 Å². The molecule has 0 bridgehead atoms. The normalized spacial score (nSPS) is 18.9. The van der Waals surface area contributed by atoms with Gasteiger partial charge in [-0.1, -0.05) is 6.92 Å². The van der Waals surface area contributed by atoms with Crippen molar-refractivity contribution in [1.29, 1.82) is 0 Å². The number of nitrogens with zero attached hydrogens (tertiary/aromatic N) is 5. The molecule has 1 saturated carbocycles. The van der Waals surface area contributed by atoms with Crippen molar-refractivity contribution in [2.75, 3.05) is 24.2 Å². The number of pyridine rings is 1. The number of hydrogen-bond acceptors (Lipinski definition) is 7. The number of benzene rings is 1. The van der Waals surface area contributed by atoms with Gasteiger partial charge in [-0.25, -0.2) is 23.7 Å². The molecule has 0 unspecified atom stereocenters. The van der Waals surface area contributed by atoms with Gasteiger partial charge in [0.15, 0.2) is 0 Å². The Labute approximate surface area is 266 Å². The van der Waals surface area contributed by atoms with E-state index in [9.17, 15) is 22.8 Å². The second-order valence-electron chi connectivity index (χ2n) is 11.8. The Bertz CT molecular complexity index is 1870. The van der Waals surface area contributed by atoms with Crippen LogP contribution in [0.5, 0.6) is 5.75 Å². The molecule has 2 fully saturated rings. The summed E-state index contributed by atoms with van der Waals surface area (Å²) in [6.45, 7) is 5.21. The van der Waals surface area contributed by atoms with Crippen LogP contribution >= 0.6 is 0 Å². The number of halogens is 5. The fourth-order valence-electron chi connectivity index (χ4n) is 6.29. The lowest BCUT2D eigenvalue weighted by molar-refractivity contribution is -0.138. The lowest BCUT2D eigenvalue weighted by Crippen LogP contribution is -2.40. The number of carbonyl (C=O) groups is 2. The summed E-state index contributed by atoms with van der Waals surface area (Å²) in [6, 6.07) is 4.72. The van der Waals surface area contributed by atoms with Gasteiger partial charge in [0.05, 0.1) is 18.2 Å². The third-order valence-corrected chi connectivity index (χ3v) is 9.06. The van der Waals surface area contributed by atoms with E-state index in [0.29, 0.717) is 29.0 Å². The average molecular weight is 658 g/mol. The molecule has 248 valence electrons. The van der Waals surface area contributed by atoms with E-state index in [1.54, 1.807) is 23.6 Å². The number of nitrogens with one attached hydrogen (secondary N) is 1. The smallest absolute Gasteiger partial charge is 0.416 e. The number of amides is 2. The zero-order valence-corrected chi connectivity index (χ0v) is 25.7. The van der Waals surface area contributed by atoms with Crippen LogP contribution in [0.3, 0.4) is 0 Å². The average Bonchev–Trinajstić information content (AvgIpc) is 3.75. The van der Waals surface area contributed by atoms with Crippen LogP contribution in [0.4, 0.5) is 33.6 Å². The number of carbonyl (C=O) groups excluding carboxylic acids is 2. The van der Waals surface area contributed by atoms with Crippen molar-refractivity contribution in [1.82, 2.24) is 24.3 Å². The number of likely N-dealkylation sites (tertiary alicyclic amines) is 1. The summed E-state index contributed by atoms with van der Waals surface area (Å²) in [5.74, 6) is -4.28. The second-order valence-corrected chi connectivity index (χ2v) is 11.8. The van der Waals surface area contributed by atoms with E-state index >= 15 is 8.78 Å². The third-order valence-electron chi connectivity index (χ3n) is 9.06. The molecule has 4 heterocycles. The predicted molar refractivity (Wildman–Crippen MR) is 162 cm³/mol. The molecule has 6 rings (SSSR count). The Balaban J connectivity index is 1.36. The monoisotopic (exact) mass is 657 g/mol. The lowest BCUT2D eigenvalue weighted by Gasteiger charge is -2.27. The van der Waals surface area contributed by atoms with Gasteiger partial charge >= 0.3 is 6.18 Å². The highest BCUT2D eigenvalue weighted by Crippen LogP contribution is 2.64. The van der Waals surface area contributed by atoms with Crippen molar-refractivity contribution in [3.05, 3.63) is 65.9 Å². The van der Waals surface area contributed by atoms with Crippen molar-refractivity contribution < 1.29 is 36.3 Å². The molecule has 2 aliphatic rings. The highest BCUT2D eigenvalue weighted by molar-refractivity contribution is 6.04. The molecule has 1 aliphatic carbocycles. The van der Waals surface area contributed by atoms with Gasteiger partial charge in [-0.2, -0.15) is 13.2 Å². The number of nitrogens with two attached hydrogens (primary N) is 1. The van der Waals surface area contributed by atoms with Gasteiger partial charge in [0.25, 0.3) is 11.8 Å². The van der Waals surface area contributed by atoms with Gasteiger partial charge in [0.2, 0.25) is 5.91 Å². The number of aromatic nitrogens is 4. The number of anilines is 2. The Morgan fingerprint density at radius 2 is 1.89 bits per heavy atom. The first-order valence-electron chi connectivity index (χ1n) is 15.2. The summed E-state index contributed by atoms with van der Waals surface area (Å²) in [7, 11) is 0. The zero-order valence-electron chi connectivity index (χ0n) is 25.7. The number of alkyl halides is 5. The SMILES string of the molecule is CCOc1cc(C(=O)Nc2cc(C(F)(F)F)ccn2)ccc1-c1nc([C@H](CC)CN2C(=O)C3(CC3)C(F)(F)[C@@H]2C)n2ccnc(N)c12. The number of rotatable bonds is 9. The molecule has 1 aromatic carbocycles. The maximum Gasteiger partial charge on any atom is 0.416 e. The number of hydrogen-bond donors (Lipinski definition) is 2. The summed E-state index contributed by atoms with van der Waals surface area (Å²) in [6.07, 6.45) is 0.276. The fourth-order valence-corrected chi connectivity index (χ4v) is 6.29. The Kier molecular flexibility index (Phi) is 7.83. The van der Waals surface area contributed by atoms with Gasteiger partial charge in [-0.3, -0.25) is 14.0 Å². The van der Waals surface area contributed by atoms with Gasteiger partial charge < -0.3 is 20.7 Å². The molecule has 10 nitrogen and oxygen atoms in total. The van der Waals surface area contributed by atoms with Gasteiger partial charge in [-0.05, 0) is 63.4 Å². The van der Waals surface area contributed by atoms with Crippen LogP contribution in [0, 0.1) is 5.41 Å². The minimum Gasteiger partial charge on any atom is -0.493 e. The highest BCUT2D eigenvalue weighted by Gasteiger charge is 2.76. The molecule has 1 spiro atoms. The van der Waals surface area contributed by atoms with Crippen molar-refractivity contribution >= 4 is 29.0 Å². The van der Waals surface area contributed by atoms with Crippen LogP contribution in [0.1, 0.15) is 67.7 Å². The van der Waals surface area contributed by atoms with E-state index in [1.165, 1.54) is 30.2 Å². The molecule has 0 radical (unpaired) electrons. The quantitative estimate of drug-likeness (QED) is 0.206. The summed E-state index contributed by atoms with van der Waals surface area (Å²) in [4.78, 5) is 40.5. The van der Waals surface area contributed by atoms with Crippen LogP contribution in [-0.4, -0.2) is 61.2 Å². The topological polar surface area (TPSA) is 128 Å². The molecule has 47 heavy (non-hydrogen) atoms. The minimum absolute atomic E-state index is 0.0234. The van der Waals surface area contributed by atoms with Crippen LogP contribution in [-0.2, 0) is 11.0 Å². The first-order valence-corrected chi connectivity index (χ1v) is 15.2. The Hall–Kier alpha value is -4.82. The molecule has 2 amide bonds. The minimum atomic E-state index is -4.61. The van der Waals surface area contributed by atoms with Crippen LogP contribution in [0.2, 0.25) is 0 Å². The van der Waals surface area contributed by atoms with Crippen molar-refractivity contribution in [3.8, 4) is 17.0 Å². The van der Waals surface area contributed by atoms with Crippen LogP contribution in [0.15, 0.2) is 48.9 Å². The van der Waals surface area contributed by atoms with E-state index < -0.39 is 46.9 Å². The number of ether oxygens (including phenoxy) is 1. The molecular weight excluding hydrogens is 625 g/mol. The van der Waals surface area contributed by atoms with Crippen LogP contribution < -0.4 is 15.8 Å². The number of imidazole rings is 1. The lowest BCUT2D eigenvalue weighted by atomic mass is 9.98. The molecule has 15 heteroatoms. The molecule has 1 saturated heterocycles. The maximum atomic E-state index is 15.2. The van der Waals surface area contributed by atoms with Gasteiger partial charge in [0.1, 0.15) is 39.8 Å². The fraction of sp³-hybridized carbons (Fsp3) is 0.406. The van der Waals surface area contributed by atoms with Gasteiger partial charge in [-0.15, -0.1) is 0 Å². The Morgan fingerprint density at radius 1 is 1.15 bits per heavy atom. The van der Waals surface area contributed by atoms with Crippen molar-refractivity contribution in [2.24, 2.45) is 5.41 Å². The van der Waals surface area contributed by atoms with Crippen molar-refractivity contribution in [3.63, 3.8) is 0 Å². The summed E-state index contributed by atoms with van der Waals surface area (Å²) >= 11 is 0. The molecule has 3 aromatic heterocycles. The van der Waals surface area contributed by atoms with E-state index in [0.717, 1.165) is 18.3 Å². The van der Waals surface area contributed by atoms with E-state index in [-0.39, 0.29) is 48.9 Å². The molecule has 4 aromatic rings. The number of nitrogen functional groups attached to an aromatic ring is 1. The van der Waals surface area contributed by atoms with E-state index in [4.69, 9.17) is 15.5 Å². The van der Waals surface area contributed by atoms with E-state index in [1.807, 2.05) is 6.92 Å². The largest absolute Gasteiger partial charge is 0.493 e. The summed E-state index contributed by atoms with van der Waals surface area (Å²) < 4.78 is 77.4. The molecular formula is C32H32F5N7O3.